The molecule has 1 fully saturated rings. The van der Waals surface area contributed by atoms with Gasteiger partial charge in [-0.25, -0.2) is 0 Å². The second kappa shape index (κ2) is 9.16. The molecule has 1 unspecified atom stereocenters. The summed E-state index contributed by atoms with van der Waals surface area (Å²) in [6.45, 7) is 3.52. The Labute approximate surface area is 182 Å². The Morgan fingerprint density at radius 2 is 1.87 bits per heavy atom. The first-order valence-corrected chi connectivity index (χ1v) is 10.8. The number of rotatable bonds is 6. The van der Waals surface area contributed by atoms with E-state index < -0.39 is 5.41 Å². The largest absolute Gasteiger partial charge is 0.356 e. The van der Waals surface area contributed by atoms with E-state index in [2.05, 4.69) is 39.8 Å². The predicted molar refractivity (Wildman–Crippen MR) is 120 cm³/mol. The number of nitrogens with one attached hydrogen (secondary N) is 2. The Hall–Kier alpha value is -3.41. The third-order valence-corrected chi connectivity index (χ3v) is 6.05. The second-order valence-electron chi connectivity index (χ2n) is 8.14. The Balaban J connectivity index is 1.68. The van der Waals surface area contributed by atoms with E-state index in [1.807, 2.05) is 37.3 Å². The molecule has 2 N–H and O–H groups in total. The fourth-order valence-electron chi connectivity index (χ4n) is 4.55. The molecule has 0 bridgehead atoms. The van der Waals surface area contributed by atoms with Crippen molar-refractivity contribution in [2.75, 3.05) is 19.6 Å². The fraction of sp³-hybridized carbons (Fsp3) is 0.320. The second-order valence-corrected chi connectivity index (χ2v) is 8.14. The molecular formula is C25H28N4O2. The van der Waals surface area contributed by atoms with Crippen molar-refractivity contribution in [2.45, 2.75) is 26.2 Å². The van der Waals surface area contributed by atoms with Crippen LogP contribution >= 0.6 is 0 Å². The van der Waals surface area contributed by atoms with Gasteiger partial charge in [-0.3, -0.25) is 14.7 Å². The molecule has 1 aliphatic heterocycles. The number of piperidine rings is 1. The maximum Gasteiger partial charge on any atom is 0.271 e. The minimum atomic E-state index is -0.672. The zero-order chi connectivity index (χ0) is 21.7. The number of H-pyrrole nitrogens is 1. The van der Waals surface area contributed by atoms with Crippen LogP contribution in [0.5, 0.6) is 0 Å². The molecular weight excluding hydrogens is 388 g/mol. The number of likely N-dealkylation sites (tertiary alicyclic amines) is 1. The lowest BCUT2D eigenvalue weighted by Crippen LogP contribution is -2.54. The van der Waals surface area contributed by atoms with Gasteiger partial charge in [0.25, 0.3) is 5.91 Å². The fourth-order valence-corrected chi connectivity index (χ4v) is 4.55. The van der Waals surface area contributed by atoms with Crippen LogP contribution in [-0.2, 0) is 11.2 Å². The maximum absolute atomic E-state index is 13.4. The van der Waals surface area contributed by atoms with Gasteiger partial charge in [-0.05, 0) is 48.9 Å². The van der Waals surface area contributed by atoms with Gasteiger partial charge in [-0.1, -0.05) is 54.6 Å². The molecule has 1 aliphatic rings. The molecule has 1 aromatic heterocycles. The topological polar surface area (TPSA) is 78.1 Å². The van der Waals surface area contributed by atoms with Crippen LogP contribution in [0.15, 0.2) is 66.9 Å². The highest BCUT2D eigenvalue weighted by Crippen LogP contribution is 2.37. The van der Waals surface area contributed by atoms with Gasteiger partial charge in [-0.2, -0.15) is 5.10 Å². The van der Waals surface area contributed by atoms with Crippen molar-refractivity contribution in [1.29, 1.82) is 0 Å². The molecule has 2 aromatic carbocycles. The molecule has 3 aromatic rings. The first-order chi connectivity index (χ1) is 15.1. The molecule has 160 valence electrons. The standard InChI is InChI=1S/C25H28N4O2/c1-2-26-24(31)25(14-8-16-29(18-25)23(30)22-13-15-27-28-22)17-20-11-6-7-12-21(20)19-9-4-3-5-10-19/h3-7,9-13,15H,2,8,14,16-18H2,1H3,(H,26,31)(H,27,28). The van der Waals surface area contributed by atoms with Crippen LogP contribution in [0.4, 0.5) is 0 Å². The summed E-state index contributed by atoms with van der Waals surface area (Å²) in [5.74, 6) is -0.0952. The van der Waals surface area contributed by atoms with Crippen LogP contribution in [0.1, 0.15) is 35.8 Å². The molecule has 0 radical (unpaired) electrons. The molecule has 0 saturated carbocycles. The van der Waals surface area contributed by atoms with E-state index in [1.54, 1.807) is 17.2 Å². The number of aromatic nitrogens is 2. The quantitative estimate of drug-likeness (QED) is 0.643. The van der Waals surface area contributed by atoms with Gasteiger partial charge >= 0.3 is 0 Å². The van der Waals surface area contributed by atoms with Gasteiger partial charge in [0.1, 0.15) is 5.69 Å². The van der Waals surface area contributed by atoms with Crippen molar-refractivity contribution in [3.05, 3.63) is 78.1 Å². The molecule has 0 spiro atoms. The van der Waals surface area contributed by atoms with Gasteiger partial charge < -0.3 is 10.2 Å². The summed E-state index contributed by atoms with van der Waals surface area (Å²) in [6, 6.07) is 20.2. The van der Waals surface area contributed by atoms with E-state index in [0.29, 0.717) is 31.7 Å². The molecule has 1 atom stereocenters. The van der Waals surface area contributed by atoms with E-state index in [4.69, 9.17) is 0 Å². The van der Waals surface area contributed by atoms with Gasteiger partial charge in [-0.15, -0.1) is 0 Å². The summed E-state index contributed by atoms with van der Waals surface area (Å²) < 4.78 is 0. The monoisotopic (exact) mass is 416 g/mol. The van der Waals surface area contributed by atoms with Crippen molar-refractivity contribution in [3.63, 3.8) is 0 Å². The van der Waals surface area contributed by atoms with Crippen LogP contribution in [0.3, 0.4) is 0 Å². The summed E-state index contributed by atoms with van der Waals surface area (Å²) in [4.78, 5) is 28.1. The average Bonchev–Trinajstić information content (AvgIpc) is 3.35. The minimum Gasteiger partial charge on any atom is -0.356 e. The number of carbonyl (C=O) groups is 2. The minimum absolute atomic E-state index is 0.0139. The summed E-state index contributed by atoms with van der Waals surface area (Å²) >= 11 is 0. The molecule has 6 nitrogen and oxygen atoms in total. The van der Waals surface area contributed by atoms with Crippen molar-refractivity contribution in [3.8, 4) is 11.1 Å². The molecule has 31 heavy (non-hydrogen) atoms. The van der Waals surface area contributed by atoms with Crippen LogP contribution in [0.25, 0.3) is 11.1 Å². The smallest absolute Gasteiger partial charge is 0.271 e. The van der Waals surface area contributed by atoms with Gasteiger partial charge in [0.05, 0.1) is 5.41 Å². The van der Waals surface area contributed by atoms with Crippen LogP contribution in [0.2, 0.25) is 0 Å². The molecule has 1 saturated heterocycles. The number of carbonyl (C=O) groups excluding carboxylic acids is 2. The Morgan fingerprint density at radius 3 is 2.61 bits per heavy atom. The summed E-state index contributed by atoms with van der Waals surface area (Å²) in [5, 5.41) is 9.69. The number of benzene rings is 2. The number of amides is 2. The number of hydrogen-bond donors (Lipinski definition) is 2. The van der Waals surface area contributed by atoms with E-state index >= 15 is 0 Å². The first-order valence-electron chi connectivity index (χ1n) is 10.8. The van der Waals surface area contributed by atoms with Crippen LogP contribution in [0, 0.1) is 5.41 Å². The Bertz CT molecular complexity index is 1030. The number of aromatic amines is 1. The molecule has 2 heterocycles. The summed E-state index contributed by atoms with van der Waals surface area (Å²) in [7, 11) is 0. The summed E-state index contributed by atoms with van der Waals surface area (Å²) in [6.07, 6.45) is 3.68. The van der Waals surface area contributed by atoms with Crippen molar-refractivity contribution in [1.82, 2.24) is 20.4 Å². The lowest BCUT2D eigenvalue weighted by atomic mass is 9.73. The summed E-state index contributed by atoms with van der Waals surface area (Å²) in [5.41, 5.74) is 3.16. The van der Waals surface area contributed by atoms with Crippen LogP contribution in [-0.4, -0.2) is 46.5 Å². The lowest BCUT2D eigenvalue weighted by molar-refractivity contribution is -0.133. The van der Waals surface area contributed by atoms with Crippen molar-refractivity contribution >= 4 is 11.8 Å². The van der Waals surface area contributed by atoms with Crippen molar-refractivity contribution < 1.29 is 9.59 Å². The van der Waals surface area contributed by atoms with Gasteiger partial charge in [0.15, 0.2) is 0 Å². The highest BCUT2D eigenvalue weighted by molar-refractivity contribution is 5.93. The van der Waals surface area contributed by atoms with E-state index in [1.165, 1.54) is 0 Å². The van der Waals surface area contributed by atoms with E-state index in [9.17, 15) is 9.59 Å². The molecule has 0 aliphatic carbocycles. The van der Waals surface area contributed by atoms with Gasteiger partial charge in [0.2, 0.25) is 5.91 Å². The lowest BCUT2D eigenvalue weighted by Gasteiger charge is -2.42. The van der Waals surface area contributed by atoms with E-state index in [0.717, 1.165) is 29.5 Å². The van der Waals surface area contributed by atoms with Crippen LogP contribution < -0.4 is 5.32 Å². The zero-order valence-electron chi connectivity index (χ0n) is 17.8. The molecule has 2 amide bonds. The average molecular weight is 417 g/mol. The number of nitrogens with zero attached hydrogens (tertiary/aromatic N) is 2. The Kier molecular flexibility index (Phi) is 6.16. The number of hydrogen-bond acceptors (Lipinski definition) is 3. The van der Waals surface area contributed by atoms with Gasteiger partial charge in [0, 0.05) is 25.8 Å². The normalized spacial score (nSPS) is 18.5. The molecule has 4 rings (SSSR count). The third kappa shape index (κ3) is 4.38. The predicted octanol–water partition coefficient (Wildman–Crippen LogP) is 3.68. The SMILES string of the molecule is CCNC(=O)C1(Cc2ccccc2-c2ccccc2)CCCN(C(=O)c2ccn[nH]2)C1. The maximum atomic E-state index is 13.4. The third-order valence-electron chi connectivity index (χ3n) is 6.05. The highest BCUT2D eigenvalue weighted by Gasteiger charge is 2.44. The van der Waals surface area contributed by atoms with Crippen molar-refractivity contribution in [2.24, 2.45) is 5.41 Å². The Morgan fingerprint density at radius 1 is 1.10 bits per heavy atom. The zero-order valence-corrected chi connectivity index (χ0v) is 17.8. The highest BCUT2D eigenvalue weighted by atomic mass is 16.2. The molecule has 6 heteroatoms. The first kappa shape index (κ1) is 20.8. The van der Waals surface area contributed by atoms with E-state index in [-0.39, 0.29) is 11.8 Å².